The van der Waals surface area contributed by atoms with Crippen molar-refractivity contribution in [2.45, 2.75) is 12.8 Å². The Labute approximate surface area is 112 Å². The summed E-state index contributed by atoms with van der Waals surface area (Å²) in [5.41, 5.74) is 1.22. The standard InChI is InChI=1S/C14H18ClNO2/c1-18-14(17)13-9-16-7-6-11(13)8-10-2-4-12(15)5-3-10/h2-5,11,13,16H,6-9H2,1H3/t11-,13+/m1/s1. The van der Waals surface area contributed by atoms with E-state index in [1.807, 2.05) is 24.3 Å². The van der Waals surface area contributed by atoms with Crippen molar-refractivity contribution in [2.75, 3.05) is 20.2 Å². The van der Waals surface area contributed by atoms with Crippen LogP contribution in [-0.2, 0) is 16.0 Å². The molecule has 0 bridgehead atoms. The molecule has 2 rings (SSSR count). The minimum Gasteiger partial charge on any atom is -0.469 e. The first kappa shape index (κ1) is 13.4. The third-order valence-electron chi connectivity index (χ3n) is 3.54. The van der Waals surface area contributed by atoms with Gasteiger partial charge in [-0.2, -0.15) is 0 Å². The van der Waals surface area contributed by atoms with Crippen molar-refractivity contribution in [3.8, 4) is 0 Å². The number of carbonyl (C=O) groups excluding carboxylic acids is 1. The van der Waals surface area contributed by atoms with E-state index in [2.05, 4.69) is 5.32 Å². The summed E-state index contributed by atoms with van der Waals surface area (Å²) >= 11 is 5.87. The number of methoxy groups -OCH3 is 1. The number of hydrogen-bond acceptors (Lipinski definition) is 3. The molecular weight excluding hydrogens is 250 g/mol. The maximum Gasteiger partial charge on any atom is 0.310 e. The lowest BCUT2D eigenvalue weighted by Gasteiger charge is -2.30. The van der Waals surface area contributed by atoms with Crippen LogP contribution in [0.3, 0.4) is 0 Å². The topological polar surface area (TPSA) is 38.3 Å². The summed E-state index contributed by atoms with van der Waals surface area (Å²) in [4.78, 5) is 11.7. The second-order valence-corrected chi connectivity index (χ2v) is 5.15. The van der Waals surface area contributed by atoms with Crippen LogP contribution in [0, 0.1) is 11.8 Å². The molecule has 3 nitrogen and oxygen atoms in total. The number of esters is 1. The minimum atomic E-state index is -0.110. The van der Waals surface area contributed by atoms with Crippen molar-refractivity contribution < 1.29 is 9.53 Å². The first-order chi connectivity index (χ1) is 8.70. The van der Waals surface area contributed by atoms with Crippen LogP contribution in [-0.4, -0.2) is 26.2 Å². The predicted octanol–water partition coefficient (Wildman–Crippen LogP) is 2.28. The number of rotatable bonds is 3. The third-order valence-corrected chi connectivity index (χ3v) is 3.79. The molecule has 1 aromatic carbocycles. The molecule has 1 fully saturated rings. The molecule has 1 saturated heterocycles. The van der Waals surface area contributed by atoms with E-state index in [1.54, 1.807) is 0 Å². The van der Waals surface area contributed by atoms with Gasteiger partial charge in [0.2, 0.25) is 0 Å². The molecule has 1 N–H and O–H groups in total. The molecule has 0 radical (unpaired) electrons. The summed E-state index contributed by atoms with van der Waals surface area (Å²) in [7, 11) is 1.45. The Bertz CT molecular complexity index is 405. The van der Waals surface area contributed by atoms with Gasteiger partial charge >= 0.3 is 5.97 Å². The van der Waals surface area contributed by atoms with Crippen molar-refractivity contribution in [3.05, 3.63) is 34.9 Å². The van der Waals surface area contributed by atoms with Gasteiger partial charge in [0.1, 0.15) is 0 Å². The summed E-state index contributed by atoms with van der Waals surface area (Å²) in [5.74, 6) is 0.195. The molecule has 0 spiro atoms. The van der Waals surface area contributed by atoms with Crippen molar-refractivity contribution in [1.29, 1.82) is 0 Å². The lowest BCUT2D eigenvalue weighted by Crippen LogP contribution is -2.42. The van der Waals surface area contributed by atoms with Crippen LogP contribution < -0.4 is 5.32 Å². The molecule has 1 heterocycles. The molecule has 4 heteroatoms. The van der Waals surface area contributed by atoms with Crippen LogP contribution in [0.1, 0.15) is 12.0 Å². The second-order valence-electron chi connectivity index (χ2n) is 4.71. The van der Waals surface area contributed by atoms with Gasteiger partial charge in [-0.05, 0) is 43.0 Å². The van der Waals surface area contributed by atoms with Gasteiger partial charge in [0.25, 0.3) is 0 Å². The Morgan fingerprint density at radius 3 is 2.83 bits per heavy atom. The fourth-order valence-corrected chi connectivity index (χ4v) is 2.63. The van der Waals surface area contributed by atoms with E-state index in [-0.39, 0.29) is 11.9 Å². The van der Waals surface area contributed by atoms with Crippen LogP contribution in [0.2, 0.25) is 5.02 Å². The number of benzene rings is 1. The van der Waals surface area contributed by atoms with Gasteiger partial charge in [-0.3, -0.25) is 4.79 Å². The van der Waals surface area contributed by atoms with Gasteiger partial charge in [0.05, 0.1) is 13.0 Å². The fraction of sp³-hybridized carbons (Fsp3) is 0.500. The van der Waals surface area contributed by atoms with Crippen molar-refractivity contribution in [1.82, 2.24) is 5.32 Å². The number of ether oxygens (including phenoxy) is 1. The summed E-state index contributed by atoms with van der Waals surface area (Å²) in [6, 6.07) is 7.84. The normalized spacial score (nSPS) is 23.7. The van der Waals surface area contributed by atoms with Crippen molar-refractivity contribution in [3.63, 3.8) is 0 Å². The Morgan fingerprint density at radius 2 is 2.17 bits per heavy atom. The highest BCUT2D eigenvalue weighted by atomic mass is 35.5. The molecule has 0 aromatic heterocycles. The monoisotopic (exact) mass is 267 g/mol. The van der Waals surface area contributed by atoms with E-state index in [4.69, 9.17) is 16.3 Å². The molecule has 18 heavy (non-hydrogen) atoms. The van der Waals surface area contributed by atoms with Crippen molar-refractivity contribution in [2.24, 2.45) is 11.8 Å². The average molecular weight is 268 g/mol. The van der Waals surface area contributed by atoms with E-state index in [0.717, 1.165) is 24.4 Å². The van der Waals surface area contributed by atoms with Gasteiger partial charge < -0.3 is 10.1 Å². The average Bonchev–Trinajstić information content (AvgIpc) is 2.41. The fourth-order valence-electron chi connectivity index (χ4n) is 2.51. The molecule has 1 aliphatic heterocycles. The number of hydrogen-bond donors (Lipinski definition) is 1. The van der Waals surface area contributed by atoms with Crippen LogP contribution in [0.4, 0.5) is 0 Å². The smallest absolute Gasteiger partial charge is 0.310 e. The number of halogens is 1. The molecule has 2 atom stereocenters. The molecule has 0 unspecified atom stereocenters. The third kappa shape index (κ3) is 3.24. The Morgan fingerprint density at radius 1 is 1.44 bits per heavy atom. The number of nitrogens with one attached hydrogen (secondary N) is 1. The van der Waals surface area contributed by atoms with Gasteiger partial charge in [0, 0.05) is 11.6 Å². The lowest BCUT2D eigenvalue weighted by atomic mass is 9.82. The van der Waals surface area contributed by atoms with E-state index in [1.165, 1.54) is 12.7 Å². The molecule has 0 saturated carbocycles. The minimum absolute atomic E-state index is 0.0422. The summed E-state index contributed by atoms with van der Waals surface area (Å²) in [6.45, 7) is 1.68. The highest BCUT2D eigenvalue weighted by Crippen LogP contribution is 2.25. The number of piperidine rings is 1. The maximum atomic E-state index is 11.7. The highest BCUT2D eigenvalue weighted by molar-refractivity contribution is 6.30. The largest absolute Gasteiger partial charge is 0.469 e. The zero-order valence-electron chi connectivity index (χ0n) is 10.5. The molecular formula is C14H18ClNO2. The Hall–Kier alpha value is -1.06. The second kappa shape index (κ2) is 6.21. The van der Waals surface area contributed by atoms with Gasteiger partial charge in [-0.25, -0.2) is 0 Å². The highest BCUT2D eigenvalue weighted by Gasteiger charge is 2.31. The van der Waals surface area contributed by atoms with Gasteiger partial charge in [-0.1, -0.05) is 23.7 Å². The summed E-state index contributed by atoms with van der Waals surface area (Å²) in [5, 5.41) is 4.00. The van der Waals surface area contributed by atoms with Crippen molar-refractivity contribution >= 4 is 17.6 Å². The zero-order valence-corrected chi connectivity index (χ0v) is 11.2. The molecule has 0 amide bonds. The first-order valence-electron chi connectivity index (χ1n) is 6.23. The molecule has 98 valence electrons. The van der Waals surface area contributed by atoms with Crippen LogP contribution in [0.5, 0.6) is 0 Å². The van der Waals surface area contributed by atoms with E-state index < -0.39 is 0 Å². The van der Waals surface area contributed by atoms with Crippen LogP contribution in [0.15, 0.2) is 24.3 Å². The summed E-state index contributed by atoms with van der Waals surface area (Å²) < 4.78 is 4.88. The van der Waals surface area contributed by atoms with Crippen LogP contribution in [0.25, 0.3) is 0 Å². The molecule has 1 aliphatic rings. The maximum absolute atomic E-state index is 11.7. The quantitative estimate of drug-likeness (QED) is 0.854. The molecule has 0 aliphatic carbocycles. The first-order valence-corrected chi connectivity index (χ1v) is 6.61. The van der Waals surface area contributed by atoms with E-state index in [0.29, 0.717) is 12.5 Å². The SMILES string of the molecule is COC(=O)[C@H]1CNCC[C@@H]1Cc1ccc(Cl)cc1. The lowest BCUT2D eigenvalue weighted by molar-refractivity contribution is -0.148. The molecule has 1 aromatic rings. The van der Waals surface area contributed by atoms with E-state index in [9.17, 15) is 4.79 Å². The van der Waals surface area contributed by atoms with Gasteiger partial charge in [0.15, 0.2) is 0 Å². The zero-order chi connectivity index (χ0) is 13.0. The van der Waals surface area contributed by atoms with E-state index >= 15 is 0 Å². The number of carbonyl (C=O) groups is 1. The summed E-state index contributed by atoms with van der Waals surface area (Å²) in [6.07, 6.45) is 1.90. The van der Waals surface area contributed by atoms with Crippen LogP contribution >= 0.6 is 11.6 Å². The Balaban J connectivity index is 2.05. The Kier molecular flexibility index (Phi) is 4.61. The van der Waals surface area contributed by atoms with Gasteiger partial charge in [-0.15, -0.1) is 0 Å². The predicted molar refractivity (Wildman–Crippen MR) is 71.6 cm³/mol.